The Labute approximate surface area is 140 Å². The fourth-order valence-corrected chi connectivity index (χ4v) is 2.17. The fourth-order valence-electron chi connectivity index (χ4n) is 2.17. The van der Waals surface area contributed by atoms with Crippen molar-refractivity contribution in [3.8, 4) is 5.75 Å². The minimum absolute atomic E-state index is 0.319. The maximum Gasteiger partial charge on any atom is 0.340 e. The van der Waals surface area contributed by atoms with E-state index in [2.05, 4.69) is 16.9 Å². The molecule has 1 amide bonds. The highest BCUT2D eigenvalue weighted by Gasteiger charge is 2.20. The zero-order chi connectivity index (χ0) is 17.7. The number of ether oxygens (including phenoxy) is 2. The van der Waals surface area contributed by atoms with Gasteiger partial charge in [-0.25, -0.2) is 4.79 Å². The lowest BCUT2D eigenvalue weighted by Crippen LogP contribution is -2.36. The second-order valence-electron chi connectivity index (χ2n) is 5.26. The summed E-state index contributed by atoms with van der Waals surface area (Å²) in [4.78, 5) is 28.5. The molecule has 24 heavy (non-hydrogen) atoms. The number of fused-ring (bicyclic) bond motifs is 1. The standard InChI is InChI=1S/C18H20N2O4/c1-5-8-19-17(21)12(3)24-18(22)15-9-13-6-7-14(23-4)10-16(13)20-11(15)2/h5-7,9-10,12H,1,8H2,2-4H3,(H,19,21). The van der Waals surface area contributed by atoms with Crippen molar-refractivity contribution in [2.45, 2.75) is 20.0 Å². The van der Waals surface area contributed by atoms with Crippen LogP contribution in [-0.4, -0.2) is 36.6 Å². The van der Waals surface area contributed by atoms with E-state index in [4.69, 9.17) is 9.47 Å². The third kappa shape index (κ3) is 3.90. The van der Waals surface area contributed by atoms with Crippen LogP contribution in [0.15, 0.2) is 36.9 Å². The van der Waals surface area contributed by atoms with Crippen molar-refractivity contribution in [2.24, 2.45) is 0 Å². The summed E-state index contributed by atoms with van der Waals surface area (Å²) < 4.78 is 10.4. The number of carbonyl (C=O) groups is 2. The van der Waals surface area contributed by atoms with Gasteiger partial charge in [-0.05, 0) is 32.0 Å². The summed E-state index contributed by atoms with van der Waals surface area (Å²) in [5.41, 5.74) is 1.58. The van der Waals surface area contributed by atoms with Crippen LogP contribution in [0.3, 0.4) is 0 Å². The van der Waals surface area contributed by atoms with E-state index < -0.39 is 12.1 Å². The Hall–Kier alpha value is -2.89. The van der Waals surface area contributed by atoms with E-state index in [0.29, 0.717) is 23.6 Å². The minimum Gasteiger partial charge on any atom is -0.497 e. The third-order valence-corrected chi connectivity index (χ3v) is 3.51. The molecule has 6 heteroatoms. The second kappa shape index (κ2) is 7.59. The molecule has 0 bridgehead atoms. The Morgan fingerprint density at radius 3 is 2.79 bits per heavy atom. The van der Waals surface area contributed by atoms with Crippen LogP contribution in [0.1, 0.15) is 23.0 Å². The van der Waals surface area contributed by atoms with E-state index in [-0.39, 0.29) is 5.91 Å². The van der Waals surface area contributed by atoms with Crippen molar-refractivity contribution < 1.29 is 19.1 Å². The first-order valence-corrected chi connectivity index (χ1v) is 7.51. The molecule has 1 N–H and O–H groups in total. The van der Waals surface area contributed by atoms with E-state index in [1.54, 1.807) is 38.3 Å². The van der Waals surface area contributed by atoms with E-state index in [9.17, 15) is 9.59 Å². The van der Waals surface area contributed by atoms with E-state index >= 15 is 0 Å². The predicted octanol–water partition coefficient (Wildman–Crippen LogP) is 2.40. The lowest BCUT2D eigenvalue weighted by Gasteiger charge is -2.14. The average molecular weight is 328 g/mol. The van der Waals surface area contributed by atoms with Gasteiger partial charge in [0.1, 0.15) is 5.75 Å². The van der Waals surface area contributed by atoms with Gasteiger partial charge in [-0.1, -0.05) is 6.08 Å². The molecule has 0 aliphatic heterocycles. The van der Waals surface area contributed by atoms with Crippen molar-refractivity contribution in [3.63, 3.8) is 0 Å². The molecule has 1 unspecified atom stereocenters. The van der Waals surface area contributed by atoms with Gasteiger partial charge in [-0.15, -0.1) is 6.58 Å². The number of aromatic nitrogens is 1. The molecular formula is C18H20N2O4. The number of rotatable bonds is 6. The summed E-state index contributed by atoms with van der Waals surface area (Å²) in [6.45, 7) is 7.07. The number of benzene rings is 1. The van der Waals surface area contributed by atoms with Crippen LogP contribution >= 0.6 is 0 Å². The molecular weight excluding hydrogens is 308 g/mol. The first kappa shape index (κ1) is 17.5. The Morgan fingerprint density at radius 2 is 2.12 bits per heavy atom. The highest BCUT2D eigenvalue weighted by molar-refractivity contribution is 5.96. The molecule has 1 heterocycles. The molecule has 1 aromatic heterocycles. The monoisotopic (exact) mass is 328 g/mol. The normalized spacial score (nSPS) is 11.6. The molecule has 0 saturated carbocycles. The van der Waals surface area contributed by atoms with Gasteiger partial charge in [-0.3, -0.25) is 9.78 Å². The molecule has 126 valence electrons. The quantitative estimate of drug-likeness (QED) is 0.651. The molecule has 2 rings (SSSR count). The predicted molar refractivity (Wildman–Crippen MR) is 91.1 cm³/mol. The van der Waals surface area contributed by atoms with E-state index in [1.165, 1.54) is 6.92 Å². The summed E-state index contributed by atoms with van der Waals surface area (Å²) in [5.74, 6) is -0.268. The van der Waals surface area contributed by atoms with Crippen LogP contribution in [-0.2, 0) is 9.53 Å². The summed E-state index contributed by atoms with van der Waals surface area (Å²) >= 11 is 0. The Morgan fingerprint density at radius 1 is 1.38 bits per heavy atom. The zero-order valence-corrected chi connectivity index (χ0v) is 14.0. The number of methoxy groups -OCH3 is 1. The molecule has 0 aliphatic carbocycles. The van der Waals surface area contributed by atoms with E-state index in [0.717, 1.165) is 10.9 Å². The number of amides is 1. The van der Waals surface area contributed by atoms with Gasteiger partial charge in [0.15, 0.2) is 6.10 Å². The van der Waals surface area contributed by atoms with Crippen molar-refractivity contribution in [2.75, 3.05) is 13.7 Å². The average Bonchev–Trinajstić information content (AvgIpc) is 2.58. The molecule has 2 aromatic rings. The summed E-state index contributed by atoms with van der Waals surface area (Å²) in [6.07, 6.45) is 0.654. The Kier molecular flexibility index (Phi) is 5.52. The maximum absolute atomic E-state index is 12.3. The van der Waals surface area contributed by atoms with Gasteiger partial charge in [0.05, 0.1) is 23.9 Å². The molecule has 0 aliphatic rings. The highest BCUT2D eigenvalue weighted by Crippen LogP contribution is 2.22. The van der Waals surface area contributed by atoms with Crippen molar-refractivity contribution in [1.82, 2.24) is 10.3 Å². The number of pyridine rings is 1. The van der Waals surface area contributed by atoms with Crippen molar-refractivity contribution >= 4 is 22.8 Å². The lowest BCUT2D eigenvalue weighted by molar-refractivity contribution is -0.128. The second-order valence-corrected chi connectivity index (χ2v) is 5.26. The Balaban J connectivity index is 2.21. The highest BCUT2D eigenvalue weighted by atomic mass is 16.5. The van der Waals surface area contributed by atoms with Crippen LogP contribution in [0.25, 0.3) is 10.9 Å². The fraction of sp³-hybridized carbons (Fsp3) is 0.278. The molecule has 0 saturated heterocycles. The van der Waals surface area contributed by atoms with Crippen LogP contribution in [0, 0.1) is 6.92 Å². The molecule has 1 atom stereocenters. The number of esters is 1. The van der Waals surface area contributed by atoms with Crippen molar-refractivity contribution in [3.05, 3.63) is 48.2 Å². The van der Waals surface area contributed by atoms with Gasteiger partial charge >= 0.3 is 5.97 Å². The number of aryl methyl sites for hydroxylation is 1. The van der Waals surface area contributed by atoms with Crippen LogP contribution in [0.5, 0.6) is 5.75 Å². The van der Waals surface area contributed by atoms with Gasteiger partial charge in [0.25, 0.3) is 5.91 Å². The largest absolute Gasteiger partial charge is 0.497 e. The van der Waals surface area contributed by atoms with Crippen LogP contribution < -0.4 is 10.1 Å². The smallest absolute Gasteiger partial charge is 0.340 e. The lowest BCUT2D eigenvalue weighted by atomic mass is 10.1. The number of nitrogens with one attached hydrogen (secondary N) is 1. The molecule has 0 fully saturated rings. The van der Waals surface area contributed by atoms with Gasteiger partial charge in [0, 0.05) is 18.0 Å². The molecule has 1 aromatic carbocycles. The van der Waals surface area contributed by atoms with Gasteiger partial charge in [0.2, 0.25) is 0 Å². The Bertz CT molecular complexity index is 786. The zero-order valence-electron chi connectivity index (χ0n) is 14.0. The SMILES string of the molecule is C=CCNC(=O)C(C)OC(=O)c1cc2ccc(OC)cc2nc1C. The first-order chi connectivity index (χ1) is 11.5. The first-order valence-electron chi connectivity index (χ1n) is 7.51. The van der Waals surface area contributed by atoms with Gasteiger partial charge in [-0.2, -0.15) is 0 Å². The summed E-state index contributed by atoms with van der Waals surface area (Å²) in [5, 5.41) is 3.37. The summed E-state index contributed by atoms with van der Waals surface area (Å²) in [6, 6.07) is 7.11. The minimum atomic E-state index is -0.900. The number of hydrogen-bond acceptors (Lipinski definition) is 5. The molecule has 6 nitrogen and oxygen atoms in total. The van der Waals surface area contributed by atoms with Crippen LogP contribution in [0.2, 0.25) is 0 Å². The number of carbonyl (C=O) groups excluding carboxylic acids is 2. The van der Waals surface area contributed by atoms with Crippen LogP contribution in [0.4, 0.5) is 0 Å². The summed E-state index contributed by atoms with van der Waals surface area (Å²) in [7, 11) is 1.58. The molecule has 0 spiro atoms. The molecule has 0 radical (unpaired) electrons. The third-order valence-electron chi connectivity index (χ3n) is 3.51. The number of nitrogens with zero attached hydrogens (tertiary/aromatic N) is 1. The van der Waals surface area contributed by atoms with E-state index in [1.807, 2.05) is 6.07 Å². The topological polar surface area (TPSA) is 77.5 Å². The maximum atomic E-state index is 12.3. The van der Waals surface area contributed by atoms with Gasteiger partial charge < -0.3 is 14.8 Å². The van der Waals surface area contributed by atoms with Crippen molar-refractivity contribution in [1.29, 1.82) is 0 Å². The number of hydrogen-bond donors (Lipinski definition) is 1.